The number of aromatic nitrogens is 3. The molecule has 2 aliphatic rings. The molecule has 6 nitrogen and oxygen atoms in total. The molecule has 1 aliphatic carbocycles. The highest BCUT2D eigenvalue weighted by Gasteiger charge is 2.58. The van der Waals surface area contributed by atoms with Gasteiger partial charge in [0.05, 0.1) is 17.7 Å². The number of rotatable bonds is 5. The molecule has 7 heteroatoms. The van der Waals surface area contributed by atoms with Crippen molar-refractivity contribution in [2.75, 3.05) is 13.1 Å². The number of nitrogens with zero attached hydrogens (tertiary/aromatic N) is 4. The minimum Gasteiger partial charge on any atom is -0.334 e. The fourth-order valence-electron chi connectivity index (χ4n) is 4.12. The minimum absolute atomic E-state index is 0.117. The highest BCUT2D eigenvalue weighted by Crippen LogP contribution is 2.56. The molecule has 1 spiro atoms. The van der Waals surface area contributed by atoms with Crippen LogP contribution in [0.25, 0.3) is 0 Å². The number of amides is 1. The predicted molar refractivity (Wildman–Crippen MR) is 97.6 cm³/mol. The van der Waals surface area contributed by atoms with Crippen molar-refractivity contribution in [2.24, 2.45) is 5.41 Å². The van der Waals surface area contributed by atoms with Crippen molar-refractivity contribution in [2.45, 2.75) is 52.2 Å². The summed E-state index contributed by atoms with van der Waals surface area (Å²) in [6, 6.07) is 0.325. The van der Waals surface area contributed by atoms with Crippen molar-refractivity contribution in [3.8, 4) is 0 Å². The van der Waals surface area contributed by atoms with Gasteiger partial charge in [0.15, 0.2) is 0 Å². The summed E-state index contributed by atoms with van der Waals surface area (Å²) >= 11 is 1.45. The molecule has 1 amide bonds. The van der Waals surface area contributed by atoms with Gasteiger partial charge in [-0.15, -0.1) is 11.3 Å². The van der Waals surface area contributed by atoms with E-state index in [2.05, 4.69) is 31.7 Å². The number of thiazole rings is 1. The Kier molecular flexibility index (Phi) is 4.37. The lowest BCUT2D eigenvalue weighted by molar-refractivity contribution is 0.0689. The van der Waals surface area contributed by atoms with Crippen molar-refractivity contribution >= 4 is 17.2 Å². The first kappa shape index (κ1) is 16.7. The highest BCUT2D eigenvalue weighted by molar-refractivity contribution is 7.11. The molecule has 0 bridgehead atoms. The molecule has 4 rings (SSSR count). The van der Waals surface area contributed by atoms with Gasteiger partial charge in [-0.1, -0.05) is 0 Å². The maximum absolute atomic E-state index is 13.3. The van der Waals surface area contributed by atoms with E-state index >= 15 is 0 Å². The molecule has 2 aromatic rings. The Morgan fingerprint density at radius 1 is 1.44 bits per heavy atom. The number of hydrogen-bond acceptors (Lipinski definition) is 5. The number of imidazole rings is 1. The third-order valence-corrected chi connectivity index (χ3v) is 6.69. The summed E-state index contributed by atoms with van der Waals surface area (Å²) < 4.78 is 2.12. The molecule has 1 atom stereocenters. The van der Waals surface area contributed by atoms with Crippen molar-refractivity contribution in [1.29, 1.82) is 0 Å². The lowest BCUT2D eigenvalue weighted by Gasteiger charge is -2.29. The van der Waals surface area contributed by atoms with E-state index in [4.69, 9.17) is 0 Å². The lowest BCUT2D eigenvalue weighted by atomic mass is 9.93. The average Bonchev–Trinajstić information content (AvgIpc) is 2.99. The maximum Gasteiger partial charge on any atom is 0.266 e. The molecular weight excluding hydrogens is 334 g/mol. The largest absolute Gasteiger partial charge is 0.334 e. The van der Waals surface area contributed by atoms with Gasteiger partial charge >= 0.3 is 0 Å². The average molecular weight is 359 g/mol. The van der Waals surface area contributed by atoms with Crippen molar-refractivity contribution in [1.82, 2.24) is 24.8 Å². The van der Waals surface area contributed by atoms with Crippen LogP contribution >= 0.6 is 11.3 Å². The van der Waals surface area contributed by atoms with Crippen LogP contribution in [-0.2, 0) is 13.1 Å². The van der Waals surface area contributed by atoms with Crippen LogP contribution in [0.15, 0.2) is 17.9 Å². The van der Waals surface area contributed by atoms with Crippen molar-refractivity contribution < 1.29 is 4.79 Å². The van der Waals surface area contributed by atoms with Crippen molar-refractivity contribution in [3.05, 3.63) is 34.3 Å². The van der Waals surface area contributed by atoms with Crippen LogP contribution in [-0.4, -0.2) is 44.5 Å². The van der Waals surface area contributed by atoms with Crippen LogP contribution < -0.4 is 5.32 Å². The Labute approximate surface area is 152 Å². The van der Waals surface area contributed by atoms with E-state index in [1.165, 1.54) is 11.3 Å². The highest BCUT2D eigenvalue weighted by atomic mass is 32.1. The number of carbonyl (C=O) groups is 1. The molecule has 1 saturated carbocycles. The number of piperidine rings is 1. The molecule has 0 aromatic carbocycles. The first-order valence-corrected chi connectivity index (χ1v) is 9.94. The maximum atomic E-state index is 13.3. The molecule has 1 saturated heterocycles. The zero-order chi connectivity index (χ0) is 17.4. The number of nitrogens with one attached hydrogen (secondary N) is 1. The summed E-state index contributed by atoms with van der Waals surface area (Å²) in [5.74, 6) is 1.08. The van der Waals surface area contributed by atoms with Crippen LogP contribution in [0.2, 0.25) is 0 Å². The van der Waals surface area contributed by atoms with Gasteiger partial charge in [0, 0.05) is 25.0 Å². The SMILES string of the molecule is CCn1ccnc1CN(C(=O)c1scnc1C)[C@@H]1CC12CCNCC2. The van der Waals surface area contributed by atoms with Crippen molar-refractivity contribution in [3.63, 3.8) is 0 Å². The Bertz CT molecular complexity index is 761. The molecule has 25 heavy (non-hydrogen) atoms. The van der Waals surface area contributed by atoms with Gasteiger partial charge < -0.3 is 14.8 Å². The topological polar surface area (TPSA) is 63.1 Å². The fourth-order valence-corrected chi connectivity index (χ4v) is 4.88. The van der Waals surface area contributed by atoms with Gasteiger partial charge in [0.25, 0.3) is 5.91 Å². The predicted octanol–water partition coefficient (Wildman–Crippen LogP) is 2.45. The Morgan fingerprint density at radius 2 is 2.24 bits per heavy atom. The summed E-state index contributed by atoms with van der Waals surface area (Å²) in [5.41, 5.74) is 2.91. The normalized spacial score (nSPS) is 21.4. The Balaban J connectivity index is 1.62. The molecular formula is C18H25N5OS. The summed E-state index contributed by atoms with van der Waals surface area (Å²) in [5, 5.41) is 3.44. The monoisotopic (exact) mass is 359 g/mol. The molecule has 0 unspecified atom stereocenters. The Hall–Kier alpha value is -1.73. The molecule has 1 aliphatic heterocycles. The van der Waals surface area contributed by atoms with Gasteiger partial charge in [-0.3, -0.25) is 4.79 Å². The van der Waals surface area contributed by atoms with E-state index in [1.54, 1.807) is 5.51 Å². The zero-order valence-electron chi connectivity index (χ0n) is 14.9. The number of carbonyl (C=O) groups excluding carboxylic acids is 1. The van der Waals surface area contributed by atoms with E-state index < -0.39 is 0 Å². The quantitative estimate of drug-likeness (QED) is 0.891. The summed E-state index contributed by atoms with van der Waals surface area (Å²) in [6.45, 7) is 7.59. The molecule has 2 fully saturated rings. The number of aryl methyl sites for hydroxylation is 2. The zero-order valence-corrected chi connectivity index (χ0v) is 15.7. The standard InChI is InChI=1S/C18H25N5OS/c1-3-22-9-8-20-15(22)11-23(17(24)16-13(2)21-12-25-16)14-10-18(14)4-6-19-7-5-18/h8-9,12,14,19H,3-7,10-11H2,1-2H3/t14-/m1/s1. The van der Waals surface area contributed by atoms with Crippen LogP contribution in [0, 0.1) is 12.3 Å². The van der Waals surface area contributed by atoms with Gasteiger partial charge in [-0.25, -0.2) is 9.97 Å². The third kappa shape index (κ3) is 3.00. The molecule has 0 radical (unpaired) electrons. The van der Waals surface area contributed by atoms with Gasteiger partial charge in [-0.05, 0) is 51.6 Å². The first-order chi connectivity index (χ1) is 12.1. The van der Waals surface area contributed by atoms with Gasteiger partial charge in [-0.2, -0.15) is 0 Å². The third-order valence-electron chi connectivity index (χ3n) is 5.78. The summed E-state index contributed by atoms with van der Waals surface area (Å²) in [7, 11) is 0. The first-order valence-electron chi connectivity index (χ1n) is 9.06. The van der Waals surface area contributed by atoms with Crippen LogP contribution in [0.1, 0.15) is 47.4 Å². The second-order valence-electron chi connectivity index (χ2n) is 7.16. The summed E-state index contributed by atoms with van der Waals surface area (Å²) in [6.07, 6.45) is 7.25. The Morgan fingerprint density at radius 3 is 2.92 bits per heavy atom. The molecule has 1 N–H and O–H groups in total. The van der Waals surface area contributed by atoms with Crippen LogP contribution in [0.5, 0.6) is 0 Å². The minimum atomic E-state index is 0.117. The van der Waals surface area contributed by atoms with E-state index in [-0.39, 0.29) is 5.91 Å². The van der Waals surface area contributed by atoms with Crippen LogP contribution in [0.3, 0.4) is 0 Å². The summed E-state index contributed by atoms with van der Waals surface area (Å²) in [4.78, 5) is 24.9. The van der Waals surface area contributed by atoms with Gasteiger partial charge in [0.1, 0.15) is 10.7 Å². The smallest absolute Gasteiger partial charge is 0.266 e. The van der Waals surface area contributed by atoms with E-state index in [0.717, 1.165) is 55.3 Å². The number of hydrogen-bond donors (Lipinski definition) is 1. The van der Waals surface area contributed by atoms with E-state index in [1.807, 2.05) is 19.3 Å². The fraction of sp³-hybridized carbons (Fsp3) is 0.611. The van der Waals surface area contributed by atoms with E-state index in [9.17, 15) is 4.79 Å². The molecule has 2 aromatic heterocycles. The van der Waals surface area contributed by atoms with Gasteiger partial charge in [0.2, 0.25) is 0 Å². The molecule has 134 valence electrons. The van der Waals surface area contributed by atoms with Crippen LogP contribution in [0.4, 0.5) is 0 Å². The second kappa shape index (κ2) is 6.53. The van der Waals surface area contributed by atoms with E-state index in [0.29, 0.717) is 18.0 Å². The second-order valence-corrected chi connectivity index (χ2v) is 8.02. The molecule has 3 heterocycles. The lowest BCUT2D eigenvalue weighted by Crippen LogP contribution is -2.39.